The molecule has 1 heterocycles. The summed E-state index contributed by atoms with van der Waals surface area (Å²) in [5.74, 6) is 1.22. The summed E-state index contributed by atoms with van der Waals surface area (Å²) in [6.07, 6.45) is 3.16. The summed E-state index contributed by atoms with van der Waals surface area (Å²) < 4.78 is 5.80. The van der Waals surface area contributed by atoms with Gasteiger partial charge >= 0.3 is 0 Å². The van der Waals surface area contributed by atoms with E-state index in [0.29, 0.717) is 11.3 Å². The average molecular weight is 241 g/mol. The Morgan fingerprint density at radius 3 is 2.72 bits per heavy atom. The molecule has 4 nitrogen and oxygen atoms in total. The molecule has 2 rings (SSSR count). The molecule has 0 aliphatic carbocycles. The van der Waals surface area contributed by atoms with Gasteiger partial charge < -0.3 is 10.5 Å². The Labute approximate surface area is 106 Å². The summed E-state index contributed by atoms with van der Waals surface area (Å²) in [5.41, 5.74) is 8.20. The van der Waals surface area contributed by atoms with Gasteiger partial charge in [-0.1, -0.05) is 12.1 Å². The summed E-state index contributed by atoms with van der Waals surface area (Å²) in [4.78, 5) is 4.00. The predicted molar refractivity (Wildman–Crippen MR) is 71.2 cm³/mol. The van der Waals surface area contributed by atoms with Crippen LogP contribution in [-0.2, 0) is 0 Å². The van der Waals surface area contributed by atoms with Gasteiger partial charge in [-0.25, -0.2) is 0 Å². The SMILES string of the molecule is Cc1ccc(C)c(Oc2cnccc2C(=N)N)c1. The first-order valence-corrected chi connectivity index (χ1v) is 5.61. The number of nitrogens with two attached hydrogens (primary N) is 1. The fourth-order valence-corrected chi connectivity index (χ4v) is 1.62. The van der Waals surface area contributed by atoms with Gasteiger partial charge in [0.1, 0.15) is 11.6 Å². The maximum Gasteiger partial charge on any atom is 0.156 e. The van der Waals surface area contributed by atoms with Crippen molar-refractivity contribution in [2.24, 2.45) is 5.73 Å². The fourth-order valence-electron chi connectivity index (χ4n) is 1.62. The molecular formula is C14H15N3O. The first kappa shape index (κ1) is 12.1. The second-order valence-corrected chi connectivity index (χ2v) is 4.16. The minimum absolute atomic E-state index is 0.0299. The highest BCUT2D eigenvalue weighted by Gasteiger charge is 2.09. The number of rotatable bonds is 3. The highest BCUT2D eigenvalue weighted by atomic mass is 16.5. The number of hydrogen-bond acceptors (Lipinski definition) is 3. The molecule has 0 saturated heterocycles. The highest BCUT2D eigenvalue weighted by Crippen LogP contribution is 2.27. The number of aromatic nitrogens is 1. The van der Waals surface area contributed by atoms with E-state index < -0.39 is 0 Å². The third-order valence-electron chi connectivity index (χ3n) is 2.64. The Morgan fingerprint density at radius 2 is 2.00 bits per heavy atom. The average Bonchev–Trinajstić information content (AvgIpc) is 2.34. The number of nitrogens with zero attached hydrogens (tertiary/aromatic N) is 1. The van der Waals surface area contributed by atoms with Crippen LogP contribution in [0.2, 0.25) is 0 Å². The Kier molecular flexibility index (Phi) is 3.28. The van der Waals surface area contributed by atoms with Gasteiger partial charge in [0.2, 0.25) is 0 Å². The molecule has 0 aliphatic rings. The van der Waals surface area contributed by atoms with Crippen molar-refractivity contribution < 1.29 is 4.74 Å². The number of hydrogen-bond donors (Lipinski definition) is 2. The lowest BCUT2D eigenvalue weighted by Crippen LogP contribution is -2.12. The molecule has 3 N–H and O–H groups in total. The van der Waals surface area contributed by atoms with Crippen molar-refractivity contribution in [1.29, 1.82) is 5.41 Å². The van der Waals surface area contributed by atoms with Crippen LogP contribution in [0.3, 0.4) is 0 Å². The quantitative estimate of drug-likeness (QED) is 0.641. The first-order chi connectivity index (χ1) is 8.58. The van der Waals surface area contributed by atoms with Gasteiger partial charge in [-0.15, -0.1) is 0 Å². The number of ether oxygens (including phenoxy) is 1. The number of nitrogen functional groups attached to an aromatic ring is 1. The normalized spacial score (nSPS) is 10.1. The van der Waals surface area contributed by atoms with E-state index >= 15 is 0 Å². The van der Waals surface area contributed by atoms with Crippen molar-refractivity contribution in [1.82, 2.24) is 4.98 Å². The van der Waals surface area contributed by atoms with Crippen LogP contribution in [0.5, 0.6) is 11.5 Å². The molecule has 4 heteroatoms. The maximum atomic E-state index is 7.51. The summed E-state index contributed by atoms with van der Waals surface area (Å²) in [7, 11) is 0. The molecule has 0 saturated carbocycles. The number of nitrogens with one attached hydrogen (secondary N) is 1. The molecule has 0 fully saturated rings. The second-order valence-electron chi connectivity index (χ2n) is 4.16. The number of amidine groups is 1. The molecule has 2 aromatic rings. The molecular weight excluding hydrogens is 226 g/mol. The Bertz CT molecular complexity index is 593. The van der Waals surface area contributed by atoms with Crippen LogP contribution in [0, 0.1) is 19.3 Å². The lowest BCUT2D eigenvalue weighted by Gasteiger charge is -2.12. The van der Waals surface area contributed by atoms with Crippen molar-refractivity contribution in [3.63, 3.8) is 0 Å². The molecule has 0 amide bonds. The molecule has 0 radical (unpaired) electrons. The van der Waals surface area contributed by atoms with E-state index in [0.717, 1.165) is 16.9 Å². The monoisotopic (exact) mass is 241 g/mol. The standard InChI is InChI=1S/C14H15N3O/c1-9-3-4-10(2)12(7-9)18-13-8-17-6-5-11(13)14(15)16/h3-8H,1-2H3,(H3,15,16). The van der Waals surface area contributed by atoms with Crippen molar-refractivity contribution in [2.45, 2.75) is 13.8 Å². The van der Waals surface area contributed by atoms with E-state index in [2.05, 4.69) is 4.98 Å². The van der Waals surface area contributed by atoms with Gasteiger partial charge in [-0.3, -0.25) is 10.4 Å². The topological polar surface area (TPSA) is 72.0 Å². The van der Waals surface area contributed by atoms with Gasteiger partial charge in [0.15, 0.2) is 5.75 Å². The van der Waals surface area contributed by atoms with Crippen molar-refractivity contribution in [2.75, 3.05) is 0 Å². The number of benzene rings is 1. The van der Waals surface area contributed by atoms with Crippen LogP contribution in [-0.4, -0.2) is 10.8 Å². The lowest BCUT2D eigenvalue weighted by atomic mass is 10.1. The zero-order chi connectivity index (χ0) is 13.1. The minimum Gasteiger partial charge on any atom is -0.455 e. The third kappa shape index (κ3) is 2.48. The zero-order valence-corrected chi connectivity index (χ0v) is 10.4. The molecule has 0 bridgehead atoms. The number of aryl methyl sites for hydroxylation is 2. The van der Waals surface area contributed by atoms with E-state index in [4.69, 9.17) is 15.9 Å². The van der Waals surface area contributed by atoms with Crippen molar-refractivity contribution in [3.8, 4) is 11.5 Å². The summed E-state index contributed by atoms with van der Waals surface area (Å²) >= 11 is 0. The molecule has 0 atom stereocenters. The lowest BCUT2D eigenvalue weighted by molar-refractivity contribution is 0.475. The van der Waals surface area contributed by atoms with Crippen LogP contribution in [0.25, 0.3) is 0 Å². The third-order valence-corrected chi connectivity index (χ3v) is 2.64. The maximum absolute atomic E-state index is 7.51. The summed E-state index contributed by atoms with van der Waals surface area (Å²) in [5, 5.41) is 7.51. The number of pyridine rings is 1. The van der Waals surface area contributed by atoms with Crippen LogP contribution < -0.4 is 10.5 Å². The molecule has 0 spiro atoms. The second kappa shape index (κ2) is 4.87. The largest absolute Gasteiger partial charge is 0.455 e. The first-order valence-electron chi connectivity index (χ1n) is 5.61. The van der Waals surface area contributed by atoms with Crippen LogP contribution >= 0.6 is 0 Å². The van der Waals surface area contributed by atoms with E-state index in [1.54, 1.807) is 18.5 Å². The van der Waals surface area contributed by atoms with Gasteiger partial charge in [0.05, 0.1) is 11.8 Å². The molecule has 18 heavy (non-hydrogen) atoms. The van der Waals surface area contributed by atoms with Crippen molar-refractivity contribution in [3.05, 3.63) is 53.3 Å². The van der Waals surface area contributed by atoms with Gasteiger partial charge in [0, 0.05) is 6.20 Å². The predicted octanol–water partition coefficient (Wildman–Crippen LogP) is 2.77. The fraction of sp³-hybridized carbons (Fsp3) is 0.143. The van der Waals surface area contributed by atoms with E-state index in [-0.39, 0.29) is 5.84 Å². The summed E-state index contributed by atoms with van der Waals surface area (Å²) in [6, 6.07) is 7.64. The van der Waals surface area contributed by atoms with E-state index in [9.17, 15) is 0 Å². The molecule has 1 aromatic heterocycles. The minimum atomic E-state index is -0.0299. The van der Waals surface area contributed by atoms with Crippen LogP contribution in [0.4, 0.5) is 0 Å². The summed E-state index contributed by atoms with van der Waals surface area (Å²) in [6.45, 7) is 3.97. The van der Waals surface area contributed by atoms with Crippen molar-refractivity contribution >= 4 is 5.84 Å². The van der Waals surface area contributed by atoms with Gasteiger partial charge in [-0.05, 0) is 37.1 Å². The molecule has 1 aromatic carbocycles. The molecule has 0 aliphatic heterocycles. The van der Waals surface area contributed by atoms with E-state index in [1.807, 2.05) is 32.0 Å². The smallest absolute Gasteiger partial charge is 0.156 e. The highest BCUT2D eigenvalue weighted by molar-refractivity contribution is 5.97. The van der Waals surface area contributed by atoms with Crippen LogP contribution in [0.15, 0.2) is 36.7 Å². The molecule has 0 unspecified atom stereocenters. The Hall–Kier alpha value is -2.36. The van der Waals surface area contributed by atoms with Gasteiger partial charge in [-0.2, -0.15) is 0 Å². The van der Waals surface area contributed by atoms with E-state index in [1.165, 1.54) is 0 Å². The molecule has 92 valence electrons. The van der Waals surface area contributed by atoms with Gasteiger partial charge in [0.25, 0.3) is 0 Å². The van der Waals surface area contributed by atoms with Crippen LogP contribution in [0.1, 0.15) is 16.7 Å². The Balaban J connectivity index is 2.40. The Morgan fingerprint density at radius 1 is 1.22 bits per heavy atom. The zero-order valence-electron chi connectivity index (χ0n) is 10.4.